The molecule has 3 heterocycles. The van der Waals surface area contributed by atoms with E-state index in [1.54, 1.807) is 0 Å². The Hall–Kier alpha value is -2.80. The van der Waals surface area contributed by atoms with E-state index in [9.17, 15) is 0 Å². The van der Waals surface area contributed by atoms with Crippen LogP contribution in [0.3, 0.4) is 0 Å². The van der Waals surface area contributed by atoms with E-state index in [2.05, 4.69) is 36.3 Å². The summed E-state index contributed by atoms with van der Waals surface area (Å²) in [6.07, 6.45) is 0. The van der Waals surface area contributed by atoms with Crippen LogP contribution in [0.1, 0.15) is 11.6 Å². The minimum absolute atomic E-state index is 0.641. The van der Waals surface area contributed by atoms with Crippen molar-refractivity contribution in [3.8, 4) is 0 Å². The van der Waals surface area contributed by atoms with Crippen LogP contribution in [0.2, 0.25) is 5.02 Å². The average Bonchev–Trinajstić information content (AvgIpc) is 3.06. The molecule has 1 aromatic carbocycles. The van der Waals surface area contributed by atoms with Crippen molar-refractivity contribution in [2.75, 3.05) is 41.3 Å². The van der Waals surface area contributed by atoms with E-state index >= 15 is 0 Å². The molecule has 1 fully saturated rings. The number of aryl methyl sites for hydroxylation is 2. The summed E-state index contributed by atoms with van der Waals surface area (Å²) in [5, 5.41) is 7.90. The average molecular weight is 385 g/mol. The molecule has 0 aliphatic carbocycles. The van der Waals surface area contributed by atoms with Crippen molar-refractivity contribution in [1.29, 1.82) is 0 Å². The first-order chi connectivity index (χ1) is 13.1. The van der Waals surface area contributed by atoms with E-state index in [-0.39, 0.29) is 0 Å². The Morgan fingerprint density at radius 1 is 0.963 bits per heavy atom. The smallest absolute Gasteiger partial charge is 0.175 e. The number of rotatable bonds is 4. The van der Waals surface area contributed by atoms with Crippen LogP contribution in [0, 0.1) is 13.8 Å². The summed E-state index contributed by atoms with van der Waals surface area (Å²) in [6.45, 7) is 7.33. The number of benzene rings is 1. The Labute approximate surface area is 163 Å². The van der Waals surface area contributed by atoms with Crippen molar-refractivity contribution < 1.29 is 4.52 Å². The van der Waals surface area contributed by atoms with Gasteiger partial charge in [-0.2, -0.15) is 0 Å². The second kappa shape index (κ2) is 7.44. The monoisotopic (exact) mass is 384 g/mol. The molecule has 27 heavy (non-hydrogen) atoms. The fourth-order valence-corrected chi connectivity index (χ4v) is 3.39. The van der Waals surface area contributed by atoms with Crippen LogP contribution in [0.5, 0.6) is 0 Å². The van der Waals surface area contributed by atoms with Gasteiger partial charge in [-0.3, -0.25) is 0 Å². The van der Waals surface area contributed by atoms with Gasteiger partial charge < -0.3 is 19.6 Å². The minimum atomic E-state index is 0.641. The minimum Gasteiger partial charge on any atom is -0.368 e. The molecule has 0 unspecified atom stereocenters. The maximum Gasteiger partial charge on any atom is 0.175 e. The van der Waals surface area contributed by atoms with Crippen molar-refractivity contribution in [1.82, 2.24) is 15.1 Å². The van der Waals surface area contributed by atoms with E-state index in [1.165, 1.54) is 0 Å². The second-order valence-electron chi connectivity index (χ2n) is 6.56. The number of aromatic nitrogens is 3. The molecular formula is C19H21ClN6O. The number of nitrogens with zero attached hydrogens (tertiary/aromatic N) is 5. The first-order valence-electron chi connectivity index (χ1n) is 8.88. The molecule has 0 bridgehead atoms. The highest BCUT2D eigenvalue weighted by molar-refractivity contribution is 6.30. The molecule has 0 radical (unpaired) electrons. The van der Waals surface area contributed by atoms with Gasteiger partial charge in [0.15, 0.2) is 5.82 Å². The van der Waals surface area contributed by atoms with E-state index in [4.69, 9.17) is 16.1 Å². The summed E-state index contributed by atoms with van der Waals surface area (Å²) in [7, 11) is 0. The van der Waals surface area contributed by atoms with Crippen molar-refractivity contribution in [2.45, 2.75) is 13.8 Å². The molecule has 1 N–H and O–H groups in total. The lowest BCUT2D eigenvalue weighted by Crippen LogP contribution is -2.46. The van der Waals surface area contributed by atoms with E-state index in [1.807, 2.05) is 44.2 Å². The Morgan fingerprint density at radius 2 is 1.74 bits per heavy atom. The summed E-state index contributed by atoms with van der Waals surface area (Å²) in [6, 6.07) is 11.8. The molecule has 7 nitrogen and oxygen atoms in total. The van der Waals surface area contributed by atoms with Crippen molar-refractivity contribution >= 4 is 34.7 Å². The zero-order valence-electron chi connectivity index (χ0n) is 15.3. The Kier molecular flexibility index (Phi) is 4.85. The van der Waals surface area contributed by atoms with Gasteiger partial charge in [0.05, 0.1) is 0 Å². The molecule has 0 atom stereocenters. The lowest BCUT2D eigenvalue weighted by Gasteiger charge is -2.37. The quantitative estimate of drug-likeness (QED) is 0.733. The standard InChI is InChI=1S/C19H21ClN6O/c1-13-10-18(24-27-13)23-17-12-19(22-14(2)21-17)26-8-6-25(7-9-26)16-5-3-4-15(20)11-16/h3-5,10-12H,6-9H2,1-2H3,(H,21,22,23,24). The predicted octanol–water partition coefficient (Wildman–Crippen LogP) is 3.81. The number of hydrogen-bond donors (Lipinski definition) is 1. The highest BCUT2D eigenvalue weighted by Crippen LogP contribution is 2.24. The second-order valence-corrected chi connectivity index (χ2v) is 7.00. The summed E-state index contributed by atoms with van der Waals surface area (Å²) >= 11 is 6.12. The van der Waals surface area contributed by atoms with Crippen molar-refractivity contribution in [2.24, 2.45) is 0 Å². The molecule has 2 aromatic heterocycles. The van der Waals surface area contributed by atoms with Crippen LogP contribution in [-0.4, -0.2) is 41.3 Å². The predicted molar refractivity (Wildman–Crippen MR) is 107 cm³/mol. The van der Waals surface area contributed by atoms with E-state index in [0.29, 0.717) is 17.5 Å². The normalized spacial score (nSPS) is 14.5. The molecule has 0 amide bonds. The molecule has 8 heteroatoms. The van der Waals surface area contributed by atoms with E-state index < -0.39 is 0 Å². The van der Waals surface area contributed by atoms with Crippen LogP contribution in [-0.2, 0) is 0 Å². The van der Waals surface area contributed by atoms with Gasteiger partial charge in [0.25, 0.3) is 0 Å². The van der Waals surface area contributed by atoms with Gasteiger partial charge in [-0.25, -0.2) is 9.97 Å². The van der Waals surface area contributed by atoms with Crippen molar-refractivity contribution in [3.05, 3.63) is 53.0 Å². The van der Waals surface area contributed by atoms with Crippen LogP contribution in [0.15, 0.2) is 40.9 Å². The van der Waals surface area contributed by atoms with E-state index in [0.717, 1.165) is 48.5 Å². The molecular weight excluding hydrogens is 364 g/mol. The van der Waals surface area contributed by atoms with Gasteiger partial charge >= 0.3 is 0 Å². The fourth-order valence-electron chi connectivity index (χ4n) is 3.20. The maximum atomic E-state index is 6.12. The lowest BCUT2D eigenvalue weighted by molar-refractivity contribution is 0.400. The molecule has 1 aliphatic heterocycles. The number of nitrogens with one attached hydrogen (secondary N) is 1. The molecule has 140 valence electrons. The van der Waals surface area contributed by atoms with Crippen LogP contribution < -0.4 is 15.1 Å². The number of halogens is 1. The third-order valence-corrected chi connectivity index (χ3v) is 4.72. The van der Waals surface area contributed by atoms with Gasteiger partial charge in [0, 0.05) is 49.0 Å². The zero-order chi connectivity index (χ0) is 18.8. The zero-order valence-corrected chi connectivity index (χ0v) is 16.1. The Morgan fingerprint density at radius 3 is 2.44 bits per heavy atom. The lowest BCUT2D eigenvalue weighted by atomic mass is 10.2. The van der Waals surface area contributed by atoms with Crippen molar-refractivity contribution in [3.63, 3.8) is 0 Å². The maximum absolute atomic E-state index is 6.12. The summed E-state index contributed by atoms with van der Waals surface area (Å²) < 4.78 is 5.09. The summed E-state index contributed by atoms with van der Waals surface area (Å²) in [5.74, 6) is 3.73. The Bertz CT molecular complexity index is 935. The molecule has 4 rings (SSSR count). The molecule has 1 saturated heterocycles. The summed E-state index contributed by atoms with van der Waals surface area (Å²) in [5.41, 5.74) is 1.16. The van der Waals surface area contributed by atoms with Gasteiger partial charge in [-0.05, 0) is 32.0 Å². The third-order valence-electron chi connectivity index (χ3n) is 4.49. The topological polar surface area (TPSA) is 70.3 Å². The molecule has 3 aromatic rings. The SMILES string of the molecule is Cc1nc(Nc2cc(C)on2)cc(N2CCN(c3cccc(Cl)c3)CC2)n1. The first kappa shape index (κ1) is 17.6. The van der Waals surface area contributed by atoms with Gasteiger partial charge in [-0.1, -0.05) is 22.8 Å². The highest BCUT2D eigenvalue weighted by Gasteiger charge is 2.19. The van der Waals surface area contributed by atoms with Crippen LogP contribution >= 0.6 is 11.6 Å². The summed E-state index contributed by atoms with van der Waals surface area (Å²) in [4.78, 5) is 13.7. The first-order valence-corrected chi connectivity index (χ1v) is 9.26. The largest absolute Gasteiger partial charge is 0.368 e. The number of piperazine rings is 1. The highest BCUT2D eigenvalue weighted by atomic mass is 35.5. The van der Waals surface area contributed by atoms with Crippen LogP contribution in [0.25, 0.3) is 0 Å². The van der Waals surface area contributed by atoms with Gasteiger partial charge in [-0.15, -0.1) is 0 Å². The third kappa shape index (κ3) is 4.14. The fraction of sp³-hybridized carbons (Fsp3) is 0.316. The van der Waals surface area contributed by atoms with Crippen LogP contribution in [0.4, 0.5) is 23.1 Å². The molecule has 0 saturated carbocycles. The molecule has 1 aliphatic rings. The van der Waals surface area contributed by atoms with Gasteiger partial charge in [0.1, 0.15) is 23.2 Å². The molecule has 0 spiro atoms. The Balaban J connectivity index is 1.46. The number of anilines is 4. The van der Waals surface area contributed by atoms with Gasteiger partial charge in [0.2, 0.25) is 0 Å². The number of hydrogen-bond acceptors (Lipinski definition) is 7.